The van der Waals surface area contributed by atoms with E-state index >= 15 is 0 Å². The second kappa shape index (κ2) is 3.45. The summed E-state index contributed by atoms with van der Waals surface area (Å²) in [5.74, 6) is -0.970. The Hall–Kier alpha value is -1.22. The van der Waals surface area contributed by atoms with Crippen molar-refractivity contribution in [3.05, 3.63) is 29.3 Å². The Bertz CT molecular complexity index is 309. The van der Waals surface area contributed by atoms with E-state index in [0.29, 0.717) is 5.56 Å². The molecule has 0 amide bonds. The molecule has 0 spiro atoms. The predicted molar refractivity (Wildman–Crippen MR) is 44.6 cm³/mol. The molecule has 0 heterocycles. The molecule has 2 N–H and O–H groups in total. The number of aromatic hydroxyl groups is 1. The highest BCUT2D eigenvalue weighted by Gasteiger charge is 2.05. The topological polar surface area (TPSA) is 57.5 Å². The maximum absolute atomic E-state index is 10.4. The van der Waals surface area contributed by atoms with Gasteiger partial charge in [0, 0.05) is 5.56 Å². The van der Waals surface area contributed by atoms with Gasteiger partial charge in [-0.15, -0.1) is 11.6 Å². The van der Waals surface area contributed by atoms with Crippen LogP contribution in [0.15, 0.2) is 18.2 Å². The molecule has 3 nitrogen and oxygen atoms in total. The van der Waals surface area contributed by atoms with Gasteiger partial charge in [-0.05, 0) is 12.1 Å². The van der Waals surface area contributed by atoms with E-state index in [1.54, 1.807) is 0 Å². The lowest BCUT2D eigenvalue weighted by atomic mass is 10.1. The monoisotopic (exact) mass is 186 g/mol. The van der Waals surface area contributed by atoms with E-state index in [0.717, 1.165) is 0 Å². The third-order valence-electron chi connectivity index (χ3n) is 1.48. The minimum Gasteiger partial charge on any atom is -0.508 e. The second-order valence-electron chi connectivity index (χ2n) is 2.28. The van der Waals surface area contributed by atoms with Crippen LogP contribution in [0.1, 0.15) is 15.9 Å². The molecule has 0 aromatic heterocycles. The van der Waals surface area contributed by atoms with E-state index in [2.05, 4.69) is 0 Å². The summed E-state index contributed by atoms with van der Waals surface area (Å²) in [7, 11) is 0. The van der Waals surface area contributed by atoms with Crippen LogP contribution in [0.3, 0.4) is 0 Å². The largest absolute Gasteiger partial charge is 0.508 e. The van der Waals surface area contributed by atoms with Crippen LogP contribution in [0.2, 0.25) is 0 Å². The van der Waals surface area contributed by atoms with E-state index in [1.165, 1.54) is 18.2 Å². The lowest BCUT2D eigenvalue weighted by Gasteiger charge is -2.00. The van der Waals surface area contributed by atoms with Crippen LogP contribution in [0.4, 0.5) is 0 Å². The summed E-state index contributed by atoms with van der Waals surface area (Å²) in [5.41, 5.74) is 0.586. The molecule has 0 radical (unpaired) electrons. The van der Waals surface area contributed by atoms with Crippen molar-refractivity contribution >= 4 is 17.6 Å². The number of halogens is 1. The van der Waals surface area contributed by atoms with Crippen molar-refractivity contribution in [2.45, 2.75) is 5.88 Å². The van der Waals surface area contributed by atoms with Gasteiger partial charge in [-0.3, -0.25) is 0 Å². The minimum atomic E-state index is -1.06. The first kappa shape index (κ1) is 8.87. The van der Waals surface area contributed by atoms with E-state index < -0.39 is 5.97 Å². The van der Waals surface area contributed by atoms with Crippen molar-refractivity contribution < 1.29 is 15.0 Å². The van der Waals surface area contributed by atoms with Crippen molar-refractivity contribution in [3.8, 4) is 5.75 Å². The Morgan fingerprint density at radius 1 is 1.50 bits per heavy atom. The number of aromatic carboxylic acids is 1. The number of carboxylic acid groups (broad SMARTS) is 1. The van der Waals surface area contributed by atoms with E-state index in [-0.39, 0.29) is 17.2 Å². The molecule has 0 saturated carbocycles. The molecule has 0 fully saturated rings. The fraction of sp³-hybridized carbons (Fsp3) is 0.125. The van der Waals surface area contributed by atoms with E-state index in [9.17, 15) is 9.90 Å². The number of phenols is 1. The van der Waals surface area contributed by atoms with Crippen LogP contribution < -0.4 is 0 Å². The maximum atomic E-state index is 10.4. The number of carboxylic acids is 1. The number of benzene rings is 1. The second-order valence-corrected chi connectivity index (χ2v) is 2.55. The first-order valence-electron chi connectivity index (χ1n) is 3.26. The van der Waals surface area contributed by atoms with Crippen LogP contribution >= 0.6 is 11.6 Å². The fourth-order valence-electron chi connectivity index (χ4n) is 0.810. The average molecular weight is 187 g/mol. The Balaban J connectivity index is 3.10. The third-order valence-corrected chi connectivity index (χ3v) is 1.76. The molecular weight excluding hydrogens is 180 g/mol. The van der Waals surface area contributed by atoms with Gasteiger partial charge in [-0.1, -0.05) is 6.07 Å². The first-order chi connectivity index (χ1) is 5.65. The zero-order valence-corrected chi connectivity index (χ0v) is 6.88. The Labute approximate surface area is 74.2 Å². The Morgan fingerprint density at radius 2 is 2.17 bits per heavy atom. The molecule has 1 aromatic rings. The summed E-state index contributed by atoms with van der Waals surface area (Å²) in [6.07, 6.45) is 0. The molecule has 1 rings (SSSR count). The van der Waals surface area contributed by atoms with Gasteiger partial charge in [0.1, 0.15) is 5.75 Å². The third kappa shape index (κ3) is 1.68. The normalized spacial score (nSPS) is 9.75. The van der Waals surface area contributed by atoms with Gasteiger partial charge >= 0.3 is 5.97 Å². The summed E-state index contributed by atoms with van der Waals surface area (Å²) in [6.45, 7) is 0. The lowest BCUT2D eigenvalue weighted by molar-refractivity contribution is 0.0696. The molecule has 64 valence electrons. The molecule has 0 aliphatic carbocycles. The molecular formula is C8H7ClO3. The van der Waals surface area contributed by atoms with Crippen molar-refractivity contribution in [3.63, 3.8) is 0 Å². The summed E-state index contributed by atoms with van der Waals surface area (Å²) in [5, 5.41) is 17.7. The maximum Gasteiger partial charge on any atom is 0.335 e. The van der Waals surface area contributed by atoms with E-state index in [4.69, 9.17) is 16.7 Å². The summed E-state index contributed by atoms with van der Waals surface area (Å²) < 4.78 is 0. The molecule has 0 atom stereocenters. The smallest absolute Gasteiger partial charge is 0.335 e. The zero-order chi connectivity index (χ0) is 9.14. The average Bonchev–Trinajstić information content (AvgIpc) is 2.04. The number of hydrogen-bond acceptors (Lipinski definition) is 2. The van der Waals surface area contributed by atoms with Crippen LogP contribution in [-0.4, -0.2) is 16.2 Å². The molecule has 0 saturated heterocycles. The van der Waals surface area contributed by atoms with Crippen molar-refractivity contribution in [2.75, 3.05) is 0 Å². The number of rotatable bonds is 2. The molecule has 0 aliphatic heterocycles. The highest BCUT2D eigenvalue weighted by Crippen LogP contribution is 2.20. The van der Waals surface area contributed by atoms with Crippen LogP contribution in [0, 0.1) is 0 Å². The van der Waals surface area contributed by atoms with Crippen LogP contribution in [0.5, 0.6) is 5.75 Å². The highest BCUT2D eigenvalue weighted by molar-refractivity contribution is 6.17. The van der Waals surface area contributed by atoms with Gasteiger partial charge in [0.2, 0.25) is 0 Å². The number of hydrogen-bond donors (Lipinski definition) is 2. The number of phenolic OH excluding ortho intramolecular Hbond substituents is 1. The summed E-state index contributed by atoms with van der Waals surface area (Å²) in [6, 6.07) is 4.07. The van der Waals surface area contributed by atoms with Crippen molar-refractivity contribution in [1.82, 2.24) is 0 Å². The summed E-state index contributed by atoms with van der Waals surface area (Å²) >= 11 is 5.46. The lowest BCUT2D eigenvalue weighted by Crippen LogP contribution is -1.95. The number of alkyl halides is 1. The van der Waals surface area contributed by atoms with Gasteiger partial charge in [0.25, 0.3) is 0 Å². The fourth-order valence-corrected chi connectivity index (χ4v) is 1.04. The van der Waals surface area contributed by atoms with Crippen LogP contribution in [-0.2, 0) is 5.88 Å². The molecule has 0 unspecified atom stereocenters. The predicted octanol–water partition coefficient (Wildman–Crippen LogP) is 1.83. The van der Waals surface area contributed by atoms with Gasteiger partial charge < -0.3 is 10.2 Å². The van der Waals surface area contributed by atoms with Crippen molar-refractivity contribution in [1.29, 1.82) is 0 Å². The molecule has 12 heavy (non-hydrogen) atoms. The van der Waals surface area contributed by atoms with Gasteiger partial charge in [-0.2, -0.15) is 0 Å². The minimum absolute atomic E-state index is 0.0568. The van der Waals surface area contributed by atoms with E-state index in [1.807, 2.05) is 0 Å². The molecule has 0 aliphatic rings. The highest BCUT2D eigenvalue weighted by atomic mass is 35.5. The number of carbonyl (C=O) groups is 1. The Kier molecular flexibility index (Phi) is 2.55. The Morgan fingerprint density at radius 3 is 2.58 bits per heavy atom. The molecule has 1 aromatic carbocycles. The zero-order valence-electron chi connectivity index (χ0n) is 6.12. The molecule has 0 bridgehead atoms. The van der Waals surface area contributed by atoms with Crippen LogP contribution in [0.25, 0.3) is 0 Å². The summed E-state index contributed by atoms with van der Waals surface area (Å²) in [4.78, 5) is 10.4. The standard InChI is InChI=1S/C8H7ClO3/c9-4-6-2-1-5(8(11)12)3-7(6)10/h1-3,10H,4H2,(H,11,12). The SMILES string of the molecule is O=C(O)c1ccc(CCl)c(O)c1. The van der Waals surface area contributed by atoms with Gasteiger partial charge in [0.05, 0.1) is 11.4 Å². The quantitative estimate of drug-likeness (QED) is 0.693. The van der Waals surface area contributed by atoms with Crippen molar-refractivity contribution in [2.24, 2.45) is 0 Å². The first-order valence-corrected chi connectivity index (χ1v) is 3.79. The van der Waals surface area contributed by atoms with Gasteiger partial charge in [-0.25, -0.2) is 4.79 Å². The molecule has 4 heteroatoms. The van der Waals surface area contributed by atoms with Gasteiger partial charge in [0.15, 0.2) is 0 Å².